The number of ether oxygens (including phenoxy) is 5. The maximum absolute atomic E-state index is 11.9. The molecule has 0 saturated carbocycles. The van der Waals surface area contributed by atoms with Gasteiger partial charge in [-0.2, -0.15) is 0 Å². The number of hydrogen-bond donors (Lipinski definition) is 2. The Kier molecular flexibility index (Phi) is 14.1. The average molecular weight is 470 g/mol. The minimum absolute atomic E-state index is 0.0303. The molecule has 0 fully saturated rings. The topological polar surface area (TPSA) is 156 Å². The summed E-state index contributed by atoms with van der Waals surface area (Å²) in [5.74, 6) is -1.93. The van der Waals surface area contributed by atoms with Crippen molar-refractivity contribution in [1.29, 1.82) is 0 Å². The van der Waals surface area contributed by atoms with Crippen LogP contribution in [0.4, 0.5) is 9.59 Å². The van der Waals surface area contributed by atoms with Gasteiger partial charge >= 0.3 is 30.1 Å². The average Bonchev–Trinajstić information content (AvgIpc) is 2.74. The number of nitrogens with one attached hydrogen (secondary N) is 2. The van der Waals surface area contributed by atoms with Gasteiger partial charge in [-0.25, -0.2) is 24.0 Å². The van der Waals surface area contributed by atoms with E-state index in [4.69, 9.17) is 23.7 Å². The highest BCUT2D eigenvalue weighted by Crippen LogP contribution is 2.01. The van der Waals surface area contributed by atoms with Crippen LogP contribution in [0.3, 0.4) is 0 Å². The summed E-state index contributed by atoms with van der Waals surface area (Å²) < 4.78 is 24.6. The highest BCUT2D eigenvalue weighted by molar-refractivity contribution is 5.87. The van der Waals surface area contributed by atoms with Crippen molar-refractivity contribution in [3.63, 3.8) is 0 Å². The summed E-state index contributed by atoms with van der Waals surface area (Å²) in [6.07, 6.45) is -2.94. The van der Waals surface area contributed by atoms with E-state index < -0.39 is 49.4 Å². The van der Waals surface area contributed by atoms with Crippen LogP contribution in [-0.4, -0.2) is 75.7 Å². The van der Waals surface area contributed by atoms with E-state index in [9.17, 15) is 24.0 Å². The van der Waals surface area contributed by atoms with E-state index in [0.717, 1.165) is 0 Å². The standard InChI is InChI=1S/C21H30N2O10/c1-13(2)17(24)29-9-7-22-20(27)32-12-16(11-31-19(26)15(5)6)33-21(28)23-8-10-30-18(25)14(3)4/h16H,1,3,5,7-12H2,2,4,6H3,(H,22,27)(H,23,28). The molecule has 0 bridgehead atoms. The third kappa shape index (κ3) is 14.7. The molecule has 0 aromatic heterocycles. The van der Waals surface area contributed by atoms with Gasteiger partial charge in [-0.3, -0.25) is 0 Å². The maximum Gasteiger partial charge on any atom is 0.407 e. The molecular formula is C21H30N2O10. The molecule has 0 aromatic rings. The first-order valence-electron chi connectivity index (χ1n) is 9.77. The maximum atomic E-state index is 11.9. The van der Waals surface area contributed by atoms with E-state index in [1.54, 1.807) is 0 Å². The molecule has 0 radical (unpaired) electrons. The van der Waals surface area contributed by atoms with Gasteiger partial charge in [-0.1, -0.05) is 19.7 Å². The first-order valence-corrected chi connectivity index (χ1v) is 9.77. The van der Waals surface area contributed by atoms with Crippen molar-refractivity contribution in [3.8, 4) is 0 Å². The number of hydrogen-bond acceptors (Lipinski definition) is 10. The Morgan fingerprint density at radius 1 is 0.636 bits per heavy atom. The van der Waals surface area contributed by atoms with Crippen molar-refractivity contribution in [2.45, 2.75) is 26.9 Å². The number of amides is 2. The Morgan fingerprint density at radius 2 is 1.03 bits per heavy atom. The number of alkyl carbamates (subject to hydrolysis) is 2. The van der Waals surface area contributed by atoms with Crippen molar-refractivity contribution < 1.29 is 47.7 Å². The lowest BCUT2D eigenvalue weighted by Crippen LogP contribution is -2.38. The third-order valence-corrected chi connectivity index (χ3v) is 3.33. The zero-order valence-corrected chi connectivity index (χ0v) is 19.0. The number of esters is 3. The quantitative estimate of drug-likeness (QED) is 0.163. The van der Waals surface area contributed by atoms with E-state index in [1.807, 2.05) is 0 Å². The molecule has 0 saturated heterocycles. The fraction of sp³-hybridized carbons (Fsp3) is 0.476. The molecule has 0 aromatic carbocycles. The molecule has 0 rings (SSSR count). The molecule has 33 heavy (non-hydrogen) atoms. The summed E-state index contributed by atoms with van der Waals surface area (Å²) in [7, 11) is 0. The molecule has 2 amide bonds. The second-order valence-electron chi connectivity index (χ2n) is 6.69. The van der Waals surface area contributed by atoms with Gasteiger partial charge in [-0.05, 0) is 20.8 Å². The first kappa shape index (κ1) is 29.2. The van der Waals surface area contributed by atoms with Crippen molar-refractivity contribution in [3.05, 3.63) is 36.5 Å². The summed E-state index contributed by atoms with van der Waals surface area (Å²) in [6, 6.07) is 0. The Bertz CT molecular complexity index is 775. The van der Waals surface area contributed by atoms with Crippen LogP contribution in [0, 0.1) is 0 Å². The lowest BCUT2D eigenvalue weighted by Gasteiger charge is -2.18. The minimum Gasteiger partial charge on any atom is -0.460 e. The molecule has 0 heterocycles. The summed E-state index contributed by atoms with van der Waals surface area (Å²) in [4.78, 5) is 57.8. The lowest BCUT2D eigenvalue weighted by atomic mass is 10.3. The molecule has 0 spiro atoms. The Morgan fingerprint density at radius 3 is 1.48 bits per heavy atom. The molecule has 184 valence electrons. The Labute approximate surface area is 191 Å². The number of carbonyl (C=O) groups is 5. The van der Waals surface area contributed by atoms with Crippen LogP contribution in [0.15, 0.2) is 36.5 Å². The van der Waals surface area contributed by atoms with Gasteiger partial charge in [0.15, 0.2) is 6.10 Å². The predicted octanol–water partition coefficient (Wildman–Crippen LogP) is 1.17. The fourth-order valence-corrected chi connectivity index (χ4v) is 1.66. The minimum atomic E-state index is -1.14. The van der Waals surface area contributed by atoms with Crippen LogP contribution in [0.25, 0.3) is 0 Å². The van der Waals surface area contributed by atoms with Gasteiger partial charge < -0.3 is 34.3 Å². The fourth-order valence-electron chi connectivity index (χ4n) is 1.66. The predicted molar refractivity (Wildman–Crippen MR) is 115 cm³/mol. The monoisotopic (exact) mass is 470 g/mol. The van der Waals surface area contributed by atoms with Crippen LogP contribution >= 0.6 is 0 Å². The Balaban J connectivity index is 4.52. The zero-order chi connectivity index (χ0) is 25.4. The normalized spacial score (nSPS) is 10.6. The molecule has 12 nitrogen and oxygen atoms in total. The van der Waals surface area contributed by atoms with E-state index in [1.165, 1.54) is 20.8 Å². The van der Waals surface area contributed by atoms with Crippen molar-refractivity contribution in [1.82, 2.24) is 10.6 Å². The molecule has 2 N–H and O–H groups in total. The SMILES string of the molecule is C=C(C)C(=O)OCCNC(=O)OCC(COC(=O)C(=C)C)OC(=O)NCCOC(=O)C(=C)C. The van der Waals surface area contributed by atoms with Gasteiger partial charge in [0.2, 0.25) is 0 Å². The highest BCUT2D eigenvalue weighted by atomic mass is 16.6. The van der Waals surface area contributed by atoms with Crippen LogP contribution < -0.4 is 10.6 Å². The molecule has 12 heteroatoms. The smallest absolute Gasteiger partial charge is 0.407 e. The number of carbonyl (C=O) groups excluding carboxylic acids is 5. The summed E-state index contributed by atoms with van der Waals surface area (Å²) in [5, 5.41) is 4.66. The van der Waals surface area contributed by atoms with Gasteiger partial charge in [-0.15, -0.1) is 0 Å². The van der Waals surface area contributed by atoms with Gasteiger partial charge in [0.05, 0.1) is 13.1 Å². The molecular weight excluding hydrogens is 440 g/mol. The molecule has 0 aliphatic rings. The van der Waals surface area contributed by atoms with E-state index in [2.05, 4.69) is 30.4 Å². The largest absolute Gasteiger partial charge is 0.460 e. The van der Waals surface area contributed by atoms with E-state index >= 15 is 0 Å². The first-order chi connectivity index (χ1) is 15.4. The second kappa shape index (κ2) is 15.9. The van der Waals surface area contributed by atoms with Crippen LogP contribution in [0.2, 0.25) is 0 Å². The molecule has 0 aliphatic heterocycles. The van der Waals surface area contributed by atoms with Crippen molar-refractivity contribution in [2.75, 3.05) is 39.5 Å². The lowest BCUT2D eigenvalue weighted by molar-refractivity contribution is -0.142. The number of rotatable bonds is 14. The van der Waals surface area contributed by atoms with Gasteiger partial charge in [0.1, 0.15) is 26.4 Å². The second-order valence-corrected chi connectivity index (χ2v) is 6.69. The molecule has 1 unspecified atom stereocenters. The molecule has 0 aliphatic carbocycles. The van der Waals surface area contributed by atoms with E-state index in [0.29, 0.717) is 0 Å². The Hall–Kier alpha value is -3.83. The highest BCUT2D eigenvalue weighted by Gasteiger charge is 2.20. The van der Waals surface area contributed by atoms with Crippen LogP contribution in [0.1, 0.15) is 20.8 Å². The summed E-state index contributed by atoms with van der Waals surface area (Å²) >= 11 is 0. The van der Waals surface area contributed by atoms with Gasteiger partial charge in [0, 0.05) is 16.7 Å². The van der Waals surface area contributed by atoms with Crippen molar-refractivity contribution in [2.24, 2.45) is 0 Å². The third-order valence-electron chi connectivity index (χ3n) is 3.33. The van der Waals surface area contributed by atoms with Gasteiger partial charge in [0.25, 0.3) is 0 Å². The zero-order valence-electron chi connectivity index (χ0n) is 19.0. The van der Waals surface area contributed by atoms with Crippen molar-refractivity contribution >= 4 is 30.1 Å². The van der Waals surface area contributed by atoms with Crippen LogP contribution in [0.5, 0.6) is 0 Å². The molecule has 1 atom stereocenters. The summed E-state index contributed by atoms with van der Waals surface area (Å²) in [6.45, 7) is 13.5. The van der Waals surface area contributed by atoms with E-state index in [-0.39, 0.29) is 43.0 Å². The van der Waals surface area contributed by atoms with Crippen LogP contribution in [-0.2, 0) is 38.1 Å². The summed E-state index contributed by atoms with van der Waals surface area (Å²) in [5.41, 5.74) is 0.552.